The summed E-state index contributed by atoms with van der Waals surface area (Å²) in [5.41, 5.74) is -1.33. The molecule has 1 saturated carbocycles. The number of aliphatic hydroxyl groups excluding tert-OH is 5. The number of fused-ring (bicyclic) bond motifs is 1. The van der Waals surface area contributed by atoms with Gasteiger partial charge in [-0.15, -0.1) is 0 Å². The summed E-state index contributed by atoms with van der Waals surface area (Å²) in [6.07, 6.45) is -9.56. The maximum atomic E-state index is 12.6. The molecule has 14 heteroatoms. The fourth-order valence-corrected chi connectivity index (χ4v) is 5.49. The largest absolute Gasteiger partial charge is 0.462 e. The van der Waals surface area contributed by atoms with Crippen LogP contribution in [-0.2, 0) is 38.0 Å². The maximum absolute atomic E-state index is 12.6. The number of esters is 1. The number of hydrogen-bond donors (Lipinski definition) is 6. The molecule has 0 bridgehead atoms. The lowest BCUT2D eigenvalue weighted by molar-refractivity contribution is -0.308. The SMILES string of the molecule is CC(C)CC(=O)OC1OC=C(COC2OC(COC3OCC(O)(CO)C3O)C(O)C(O)C2O)C2CC(=O)C(C)C12. The van der Waals surface area contributed by atoms with Gasteiger partial charge in [-0.05, 0) is 11.5 Å². The van der Waals surface area contributed by atoms with Crippen LogP contribution in [0, 0.1) is 23.7 Å². The molecular formula is C26H40O14. The second kappa shape index (κ2) is 12.7. The van der Waals surface area contributed by atoms with Crippen LogP contribution in [0.1, 0.15) is 33.6 Å². The fraction of sp³-hybridized carbons (Fsp3) is 0.846. The molecule has 0 aromatic rings. The highest BCUT2D eigenvalue weighted by molar-refractivity contribution is 5.84. The normalized spacial score (nSPS) is 43.4. The molecule has 0 spiro atoms. The van der Waals surface area contributed by atoms with Crippen LogP contribution in [0.4, 0.5) is 0 Å². The minimum absolute atomic E-state index is 0.00886. The van der Waals surface area contributed by atoms with Crippen LogP contribution >= 0.6 is 0 Å². The number of rotatable bonds is 10. The second-order valence-electron chi connectivity index (χ2n) is 11.5. The van der Waals surface area contributed by atoms with Gasteiger partial charge < -0.3 is 59.1 Å². The van der Waals surface area contributed by atoms with Crippen molar-refractivity contribution in [2.75, 3.05) is 26.4 Å². The predicted octanol–water partition coefficient (Wildman–Crippen LogP) is -2.06. The van der Waals surface area contributed by atoms with E-state index < -0.39 is 86.0 Å². The lowest BCUT2D eigenvalue weighted by atomic mass is 9.83. The summed E-state index contributed by atoms with van der Waals surface area (Å²) in [6, 6.07) is 0. The van der Waals surface area contributed by atoms with E-state index in [1.807, 2.05) is 13.8 Å². The first kappa shape index (κ1) is 31.2. The molecule has 0 aromatic carbocycles. The first-order valence-electron chi connectivity index (χ1n) is 13.5. The molecule has 3 heterocycles. The summed E-state index contributed by atoms with van der Waals surface area (Å²) in [5.74, 6) is -1.51. The van der Waals surface area contributed by atoms with Crippen LogP contribution in [0.25, 0.3) is 0 Å². The first-order valence-corrected chi connectivity index (χ1v) is 13.5. The van der Waals surface area contributed by atoms with Crippen LogP contribution in [0.3, 0.4) is 0 Å². The van der Waals surface area contributed by atoms with Crippen molar-refractivity contribution >= 4 is 11.8 Å². The molecule has 6 N–H and O–H groups in total. The minimum atomic E-state index is -1.91. The third-order valence-corrected chi connectivity index (χ3v) is 8.02. The Labute approximate surface area is 231 Å². The van der Waals surface area contributed by atoms with Crippen molar-refractivity contribution in [3.63, 3.8) is 0 Å². The molecule has 14 nitrogen and oxygen atoms in total. The molecule has 1 aliphatic carbocycles. The van der Waals surface area contributed by atoms with E-state index in [2.05, 4.69) is 0 Å². The van der Waals surface area contributed by atoms with Crippen LogP contribution < -0.4 is 0 Å². The molecular weight excluding hydrogens is 536 g/mol. The molecule has 2 saturated heterocycles. The van der Waals surface area contributed by atoms with Crippen LogP contribution in [-0.4, -0.2) is 124 Å². The molecule has 4 aliphatic rings. The van der Waals surface area contributed by atoms with E-state index in [1.54, 1.807) is 6.92 Å². The molecule has 3 fully saturated rings. The van der Waals surface area contributed by atoms with Gasteiger partial charge in [0.2, 0.25) is 6.29 Å². The lowest BCUT2D eigenvalue weighted by Gasteiger charge is -2.41. The number of aliphatic hydroxyl groups is 6. The van der Waals surface area contributed by atoms with E-state index in [9.17, 15) is 40.2 Å². The Kier molecular flexibility index (Phi) is 9.87. The molecule has 3 aliphatic heterocycles. The van der Waals surface area contributed by atoms with Gasteiger partial charge in [0.25, 0.3) is 0 Å². The van der Waals surface area contributed by atoms with Crippen LogP contribution in [0.15, 0.2) is 11.8 Å². The summed E-state index contributed by atoms with van der Waals surface area (Å²) < 4.78 is 33.2. The smallest absolute Gasteiger partial charge is 0.309 e. The average molecular weight is 577 g/mol. The predicted molar refractivity (Wildman–Crippen MR) is 131 cm³/mol. The Hall–Kier alpha value is -1.72. The number of Topliss-reactive ketones (excluding diaryl/α,β-unsaturated/α-hetero) is 1. The van der Waals surface area contributed by atoms with Gasteiger partial charge >= 0.3 is 5.97 Å². The quantitative estimate of drug-likeness (QED) is 0.155. The van der Waals surface area contributed by atoms with Gasteiger partial charge in [-0.1, -0.05) is 20.8 Å². The monoisotopic (exact) mass is 576 g/mol. The number of ketones is 1. The Morgan fingerprint density at radius 2 is 1.82 bits per heavy atom. The van der Waals surface area contributed by atoms with E-state index in [-0.39, 0.29) is 43.7 Å². The lowest BCUT2D eigenvalue weighted by Crippen LogP contribution is -2.59. The van der Waals surface area contributed by atoms with Crippen molar-refractivity contribution < 1.29 is 68.6 Å². The van der Waals surface area contributed by atoms with Crippen molar-refractivity contribution in [3.8, 4) is 0 Å². The van der Waals surface area contributed by atoms with E-state index in [1.165, 1.54) is 6.26 Å². The number of carbonyl (C=O) groups is 2. The minimum Gasteiger partial charge on any atom is -0.462 e. The zero-order chi connectivity index (χ0) is 29.4. The Morgan fingerprint density at radius 1 is 1.10 bits per heavy atom. The summed E-state index contributed by atoms with van der Waals surface area (Å²) in [4.78, 5) is 24.8. The molecule has 0 radical (unpaired) electrons. The standard InChI is InChI=1S/C26H40O14/c1-11(2)4-17(29)40-23-18-12(3)15(28)5-14(18)13(6-35-23)7-36-24-21(32)20(31)19(30)16(39-24)8-37-25-22(33)26(34,9-27)10-38-25/h6,11-12,14,16,18-25,27,30-34H,4-5,7-10H2,1-3H3. The van der Waals surface area contributed by atoms with Gasteiger partial charge in [-0.2, -0.15) is 0 Å². The van der Waals surface area contributed by atoms with Gasteiger partial charge in [0.05, 0.1) is 32.7 Å². The summed E-state index contributed by atoms with van der Waals surface area (Å²) in [5, 5.41) is 60.8. The van der Waals surface area contributed by atoms with E-state index in [4.69, 9.17) is 28.4 Å². The van der Waals surface area contributed by atoms with Crippen molar-refractivity contribution in [3.05, 3.63) is 11.8 Å². The van der Waals surface area contributed by atoms with Gasteiger partial charge in [-0.25, -0.2) is 0 Å². The van der Waals surface area contributed by atoms with Crippen molar-refractivity contribution in [1.82, 2.24) is 0 Å². The van der Waals surface area contributed by atoms with Crippen molar-refractivity contribution in [1.29, 1.82) is 0 Å². The van der Waals surface area contributed by atoms with Crippen LogP contribution in [0.5, 0.6) is 0 Å². The zero-order valence-electron chi connectivity index (χ0n) is 22.7. The molecule has 12 unspecified atom stereocenters. The molecule has 40 heavy (non-hydrogen) atoms. The van der Waals surface area contributed by atoms with Gasteiger partial charge in [0.15, 0.2) is 12.6 Å². The number of ether oxygens (including phenoxy) is 6. The van der Waals surface area contributed by atoms with E-state index in [0.29, 0.717) is 5.57 Å². The highest BCUT2D eigenvalue weighted by atomic mass is 16.7. The van der Waals surface area contributed by atoms with Crippen molar-refractivity contribution in [2.24, 2.45) is 23.7 Å². The average Bonchev–Trinajstić information content (AvgIpc) is 3.37. The highest BCUT2D eigenvalue weighted by Crippen LogP contribution is 2.45. The molecule has 12 atom stereocenters. The summed E-state index contributed by atoms with van der Waals surface area (Å²) in [6.45, 7) is 3.82. The maximum Gasteiger partial charge on any atom is 0.309 e. The van der Waals surface area contributed by atoms with E-state index in [0.717, 1.165) is 0 Å². The van der Waals surface area contributed by atoms with Crippen molar-refractivity contribution in [2.45, 2.75) is 88.6 Å². The zero-order valence-corrected chi connectivity index (χ0v) is 22.7. The fourth-order valence-electron chi connectivity index (χ4n) is 5.49. The van der Waals surface area contributed by atoms with Crippen LogP contribution in [0.2, 0.25) is 0 Å². The third-order valence-electron chi connectivity index (χ3n) is 8.02. The molecule has 228 valence electrons. The Bertz CT molecular complexity index is 940. The van der Waals surface area contributed by atoms with Gasteiger partial charge in [-0.3, -0.25) is 9.59 Å². The molecule has 0 amide bonds. The molecule has 4 rings (SSSR count). The Balaban J connectivity index is 1.37. The summed E-state index contributed by atoms with van der Waals surface area (Å²) in [7, 11) is 0. The third kappa shape index (κ3) is 6.36. The number of carbonyl (C=O) groups excluding carboxylic acids is 2. The molecule has 0 aromatic heterocycles. The van der Waals surface area contributed by atoms with Gasteiger partial charge in [0, 0.05) is 30.6 Å². The Morgan fingerprint density at radius 3 is 2.48 bits per heavy atom. The highest BCUT2D eigenvalue weighted by Gasteiger charge is 2.52. The topological polar surface area (TPSA) is 211 Å². The summed E-state index contributed by atoms with van der Waals surface area (Å²) >= 11 is 0. The second-order valence-corrected chi connectivity index (χ2v) is 11.5. The first-order chi connectivity index (χ1) is 18.9. The number of hydrogen-bond acceptors (Lipinski definition) is 14. The van der Waals surface area contributed by atoms with E-state index >= 15 is 0 Å². The van der Waals surface area contributed by atoms with Gasteiger partial charge in [0.1, 0.15) is 41.9 Å².